The van der Waals surface area contributed by atoms with Gasteiger partial charge in [0.05, 0.1) is 45.9 Å². The van der Waals surface area contributed by atoms with E-state index in [1.807, 2.05) is 53.6 Å². The summed E-state index contributed by atoms with van der Waals surface area (Å²) in [6.07, 6.45) is 4.53. The number of rotatable bonds is 8. The monoisotopic (exact) mass is 462 g/mol. The first-order valence-electron chi connectivity index (χ1n) is 10.8. The topological polar surface area (TPSA) is 52.5 Å². The summed E-state index contributed by atoms with van der Waals surface area (Å²) in [5, 5.41) is 6.75. The second-order valence-corrected chi connectivity index (χ2v) is 7.63. The van der Waals surface area contributed by atoms with Crippen molar-refractivity contribution >= 4 is 17.5 Å². The molecule has 34 heavy (non-hydrogen) atoms. The summed E-state index contributed by atoms with van der Waals surface area (Å²) in [5.41, 5.74) is 3.43. The molecule has 0 N–H and O–H groups in total. The lowest BCUT2D eigenvalue weighted by Gasteiger charge is -2.26. The molecule has 0 aromatic heterocycles. The first kappa shape index (κ1) is 23.2. The van der Waals surface area contributed by atoms with Crippen LogP contribution < -0.4 is 24.0 Å². The maximum atomic E-state index is 13.6. The van der Waals surface area contributed by atoms with Gasteiger partial charge in [0, 0.05) is 17.5 Å². The van der Waals surface area contributed by atoms with Gasteiger partial charge < -0.3 is 18.9 Å². The van der Waals surface area contributed by atoms with E-state index in [1.165, 1.54) is 12.1 Å². The fourth-order valence-electron chi connectivity index (χ4n) is 4.11. The Hall–Kier alpha value is -4.00. The van der Waals surface area contributed by atoms with Crippen molar-refractivity contribution in [2.75, 3.05) is 33.4 Å². The molecule has 0 saturated heterocycles. The van der Waals surface area contributed by atoms with E-state index in [-0.39, 0.29) is 11.9 Å². The molecule has 1 heterocycles. The van der Waals surface area contributed by atoms with E-state index in [1.54, 1.807) is 40.6 Å². The van der Waals surface area contributed by atoms with E-state index in [0.717, 1.165) is 22.5 Å². The Morgan fingerprint density at radius 2 is 1.44 bits per heavy atom. The highest BCUT2D eigenvalue weighted by Crippen LogP contribution is 2.43. The molecular formula is C27H27FN2O4. The molecule has 4 rings (SSSR count). The molecule has 6 nitrogen and oxygen atoms in total. The second kappa shape index (κ2) is 10.3. The number of allylic oxidation sites excluding steroid dienone is 1. The van der Waals surface area contributed by atoms with E-state index in [4.69, 9.17) is 24.0 Å². The zero-order valence-corrected chi connectivity index (χ0v) is 19.6. The second-order valence-electron chi connectivity index (χ2n) is 7.63. The molecule has 7 heteroatoms. The summed E-state index contributed by atoms with van der Waals surface area (Å²) in [7, 11) is 6.46. The van der Waals surface area contributed by atoms with Gasteiger partial charge in [0.1, 0.15) is 5.82 Å². The summed E-state index contributed by atoms with van der Waals surface area (Å²) >= 11 is 0. The molecule has 0 aliphatic carbocycles. The van der Waals surface area contributed by atoms with Gasteiger partial charge in [-0.2, -0.15) is 5.10 Å². The Morgan fingerprint density at radius 1 is 0.794 bits per heavy atom. The summed E-state index contributed by atoms with van der Waals surface area (Å²) in [6.45, 7) is 0. The molecule has 0 bridgehead atoms. The van der Waals surface area contributed by atoms with E-state index >= 15 is 0 Å². The summed E-state index contributed by atoms with van der Waals surface area (Å²) < 4.78 is 35.7. The lowest BCUT2D eigenvalue weighted by molar-refractivity contribution is 0.349. The van der Waals surface area contributed by atoms with Crippen LogP contribution in [0.25, 0.3) is 6.08 Å². The maximum absolute atomic E-state index is 13.6. The van der Waals surface area contributed by atoms with Crippen LogP contribution in [0.5, 0.6) is 23.0 Å². The average molecular weight is 463 g/mol. The fourth-order valence-corrected chi connectivity index (χ4v) is 4.11. The van der Waals surface area contributed by atoms with Gasteiger partial charge in [-0.15, -0.1) is 0 Å². The minimum absolute atomic E-state index is 0.164. The molecule has 3 aromatic rings. The number of anilines is 1. The Morgan fingerprint density at radius 3 is 2.09 bits per heavy atom. The van der Waals surface area contributed by atoms with Crippen LogP contribution in [0.3, 0.4) is 0 Å². The number of hydrogen-bond donors (Lipinski definition) is 0. The van der Waals surface area contributed by atoms with Crippen LogP contribution in [0, 0.1) is 5.82 Å². The highest BCUT2D eigenvalue weighted by atomic mass is 19.1. The normalized spacial score (nSPS) is 15.4. The van der Waals surface area contributed by atoms with Crippen molar-refractivity contribution in [3.8, 4) is 23.0 Å². The molecule has 0 radical (unpaired) electrons. The Bertz CT molecular complexity index is 1210. The van der Waals surface area contributed by atoms with E-state index in [0.29, 0.717) is 29.4 Å². The van der Waals surface area contributed by atoms with Crippen LogP contribution in [0.15, 0.2) is 71.8 Å². The van der Waals surface area contributed by atoms with Crippen LogP contribution in [-0.4, -0.2) is 34.2 Å². The molecular weight excluding hydrogens is 435 g/mol. The molecule has 3 aromatic carbocycles. The third-order valence-electron chi connectivity index (χ3n) is 5.71. The van der Waals surface area contributed by atoms with Gasteiger partial charge in [-0.1, -0.05) is 24.3 Å². The van der Waals surface area contributed by atoms with Gasteiger partial charge in [-0.25, -0.2) is 4.39 Å². The highest BCUT2D eigenvalue weighted by molar-refractivity contribution is 6.01. The summed E-state index contributed by atoms with van der Waals surface area (Å²) in [5.74, 6) is 2.31. The van der Waals surface area contributed by atoms with Crippen molar-refractivity contribution in [2.24, 2.45) is 5.10 Å². The quantitative estimate of drug-likeness (QED) is 0.418. The van der Waals surface area contributed by atoms with Crippen LogP contribution >= 0.6 is 0 Å². The van der Waals surface area contributed by atoms with Crippen LogP contribution in [0.1, 0.15) is 23.6 Å². The largest absolute Gasteiger partial charge is 0.493 e. The minimum Gasteiger partial charge on any atom is -0.493 e. The SMILES string of the molecule is COc1cccc(C=CC2=NN(c3ccc(F)cc3)C(c3cccc(OC)c3OC)C2)c1OC. The molecule has 0 amide bonds. The van der Waals surface area contributed by atoms with Crippen molar-refractivity contribution in [3.63, 3.8) is 0 Å². The third-order valence-corrected chi connectivity index (χ3v) is 5.71. The molecule has 0 spiro atoms. The number of para-hydroxylation sites is 2. The smallest absolute Gasteiger partial charge is 0.167 e. The number of hydrogen-bond acceptors (Lipinski definition) is 6. The van der Waals surface area contributed by atoms with Crippen molar-refractivity contribution < 1.29 is 23.3 Å². The standard InChI is InChI=1S/C27H27FN2O4/c1-31-24-9-5-7-18(26(24)33-3)11-14-20-17-23(22-8-6-10-25(32-2)27(22)34-4)30(29-20)21-15-12-19(28)13-16-21/h5-16,23H,17H2,1-4H3. The predicted molar refractivity (Wildman–Crippen MR) is 132 cm³/mol. The Labute approximate surface area is 198 Å². The summed E-state index contributed by atoms with van der Waals surface area (Å²) in [6, 6.07) is 17.6. The van der Waals surface area contributed by atoms with Crippen LogP contribution in [0.4, 0.5) is 10.1 Å². The molecule has 176 valence electrons. The van der Waals surface area contributed by atoms with E-state index in [9.17, 15) is 4.39 Å². The fraction of sp³-hybridized carbons (Fsp3) is 0.222. The minimum atomic E-state index is -0.298. The van der Waals surface area contributed by atoms with Crippen LogP contribution in [-0.2, 0) is 0 Å². The first-order chi connectivity index (χ1) is 16.6. The molecule has 0 fully saturated rings. The van der Waals surface area contributed by atoms with Gasteiger partial charge in [0.2, 0.25) is 0 Å². The lowest BCUT2D eigenvalue weighted by atomic mass is 9.99. The van der Waals surface area contributed by atoms with Gasteiger partial charge in [0.25, 0.3) is 0 Å². The first-order valence-corrected chi connectivity index (χ1v) is 10.8. The van der Waals surface area contributed by atoms with Gasteiger partial charge in [0.15, 0.2) is 23.0 Å². The number of nitrogens with zero attached hydrogens (tertiary/aromatic N) is 2. The molecule has 1 aliphatic rings. The molecule has 1 atom stereocenters. The van der Waals surface area contributed by atoms with E-state index in [2.05, 4.69) is 0 Å². The maximum Gasteiger partial charge on any atom is 0.167 e. The zero-order valence-electron chi connectivity index (χ0n) is 19.6. The third kappa shape index (κ3) is 4.55. The van der Waals surface area contributed by atoms with Gasteiger partial charge in [-0.3, -0.25) is 5.01 Å². The Kier molecular flexibility index (Phi) is 7.01. The lowest BCUT2D eigenvalue weighted by Crippen LogP contribution is -2.19. The molecule has 1 aliphatic heterocycles. The van der Waals surface area contributed by atoms with Crippen molar-refractivity contribution in [2.45, 2.75) is 12.5 Å². The average Bonchev–Trinajstić information content (AvgIpc) is 3.30. The Balaban J connectivity index is 1.73. The van der Waals surface area contributed by atoms with Gasteiger partial charge in [-0.05, 0) is 48.6 Å². The summed E-state index contributed by atoms with van der Waals surface area (Å²) in [4.78, 5) is 0. The van der Waals surface area contributed by atoms with E-state index < -0.39 is 0 Å². The zero-order chi connectivity index (χ0) is 24.1. The van der Waals surface area contributed by atoms with Crippen molar-refractivity contribution in [3.05, 3.63) is 83.7 Å². The number of ether oxygens (including phenoxy) is 4. The number of methoxy groups -OCH3 is 4. The number of halogens is 1. The molecule has 0 saturated carbocycles. The van der Waals surface area contributed by atoms with Crippen molar-refractivity contribution in [1.29, 1.82) is 0 Å². The van der Waals surface area contributed by atoms with Crippen LogP contribution in [0.2, 0.25) is 0 Å². The highest BCUT2D eigenvalue weighted by Gasteiger charge is 2.31. The van der Waals surface area contributed by atoms with Crippen molar-refractivity contribution in [1.82, 2.24) is 0 Å². The predicted octanol–water partition coefficient (Wildman–Crippen LogP) is 5.88. The molecule has 1 unspecified atom stereocenters. The number of hydrazone groups is 1. The number of benzene rings is 3. The van der Waals surface area contributed by atoms with Gasteiger partial charge >= 0.3 is 0 Å².